The Morgan fingerprint density at radius 3 is 2.19 bits per heavy atom. The Morgan fingerprint density at radius 1 is 0.811 bits per heavy atom. The van der Waals surface area contributed by atoms with Gasteiger partial charge in [0.15, 0.2) is 5.11 Å². The van der Waals surface area contributed by atoms with Gasteiger partial charge in [-0.2, -0.15) is 0 Å². The maximum atomic E-state index is 5.85. The summed E-state index contributed by atoms with van der Waals surface area (Å²) in [5.74, 6) is 3.11. The van der Waals surface area contributed by atoms with E-state index in [1.807, 2.05) is 98.8 Å². The summed E-state index contributed by atoms with van der Waals surface area (Å²) in [7, 11) is 1.64. The molecule has 3 aromatic carbocycles. The Bertz CT molecular complexity index is 1360. The van der Waals surface area contributed by atoms with Crippen molar-refractivity contribution in [1.29, 1.82) is 0 Å². The van der Waals surface area contributed by atoms with E-state index in [0.717, 1.165) is 39.9 Å². The molecular formula is C28H28N6O2S. The first kappa shape index (κ1) is 25.6. The number of nitrogens with zero attached hydrogens (tertiary/aromatic N) is 3. The van der Waals surface area contributed by atoms with Gasteiger partial charge in [-0.3, -0.25) is 5.32 Å². The number of para-hydroxylation sites is 1. The molecule has 0 spiro atoms. The second kappa shape index (κ2) is 12.5. The Kier molecular flexibility index (Phi) is 8.62. The molecule has 0 fully saturated rings. The number of aliphatic imine (C=N–C) groups is 1. The molecule has 8 nitrogen and oxygen atoms in total. The monoisotopic (exact) mass is 512 g/mol. The van der Waals surface area contributed by atoms with Gasteiger partial charge in [0, 0.05) is 17.1 Å². The lowest BCUT2D eigenvalue weighted by Gasteiger charge is -2.15. The molecule has 188 valence electrons. The summed E-state index contributed by atoms with van der Waals surface area (Å²) in [5, 5.41) is 9.80. The second-order valence-electron chi connectivity index (χ2n) is 8.13. The van der Waals surface area contributed by atoms with Crippen LogP contribution in [-0.4, -0.2) is 28.1 Å². The molecule has 0 saturated carbocycles. The molecular weight excluding hydrogens is 484 g/mol. The molecule has 0 aliphatic heterocycles. The topological polar surface area (TPSA) is 92.7 Å². The predicted octanol–water partition coefficient (Wildman–Crippen LogP) is 5.85. The first-order valence-electron chi connectivity index (χ1n) is 11.6. The summed E-state index contributed by atoms with van der Waals surface area (Å²) in [4.78, 5) is 13.6. The number of aromatic nitrogens is 2. The van der Waals surface area contributed by atoms with Crippen LogP contribution in [0.4, 0.5) is 11.6 Å². The Balaban J connectivity index is 1.45. The van der Waals surface area contributed by atoms with Gasteiger partial charge in [0.2, 0.25) is 11.9 Å². The van der Waals surface area contributed by atoms with Gasteiger partial charge in [-0.05, 0) is 86.2 Å². The van der Waals surface area contributed by atoms with Crippen molar-refractivity contribution in [2.75, 3.05) is 17.7 Å². The molecule has 0 amide bonds. The van der Waals surface area contributed by atoms with E-state index in [-0.39, 0.29) is 0 Å². The van der Waals surface area contributed by atoms with Gasteiger partial charge in [0.05, 0.1) is 13.7 Å². The molecule has 1 heterocycles. The lowest BCUT2D eigenvalue weighted by Crippen LogP contribution is -2.39. The molecule has 4 rings (SSSR count). The summed E-state index contributed by atoms with van der Waals surface area (Å²) in [6.07, 6.45) is 0. The molecule has 0 aliphatic carbocycles. The Hall–Kier alpha value is -4.50. The normalized spacial score (nSPS) is 10.9. The van der Waals surface area contributed by atoms with Crippen LogP contribution in [0.25, 0.3) is 0 Å². The van der Waals surface area contributed by atoms with Gasteiger partial charge in [-0.25, -0.2) is 15.0 Å². The zero-order chi connectivity index (χ0) is 26.0. The largest absolute Gasteiger partial charge is 0.497 e. The SMILES string of the molecule is COc1cccc(CN=C(NC(=S)Nc2ccc(Oc3ccccc3)cc2)Nc2nc(C)cc(C)n2)c1. The molecule has 1 aromatic heterocycles. The van der Waals surface area contributed by atoms with E-state index in [2.05, 4.69) is 30.9 Å². The Labute approximate surface area is 221 Å². The fourth-order valence-corrected chi connectivity index (χ4v) is 3.65. The van der Waals surface area contributed by atoms with Gasteiger partial charge in [-0.15, -0.1) is 0 Å². The van der Waals surface area contributed by atoms with Gasteiger partial charge in [-0.1, -0.05) is 30.3 Å². The number of thiocarbonyl (C=S) groups is 1. The third-order valence-electron chi connectivity index (χ3n) is 5.09. The van der Waals surface area contributed by atoms with Crippen LogP contribution in [0.3, 0.4) is 0 Å². The molecule has 4 aromatic rings. The van der Waals surface area contributed by atoms with Crippen molar-refractivity contribution < 1.29 is 9.47 Å². The highest BCUT2D eigenvalue weighted by Gasteiger charge is 2.08. The first-order chi connectivity index (χ1) is 18.0. The van der Waals surface area contributed by atoms with Gasteiger partial charge >= 0.3 is 0 Å². The number of ether oxygens (including phenoxy) is 2. The maximum Gasteiger partial charge on any atom is 0.229 e. The van der Waals surface area contributed by atoms with Crippen LogP contribution in [0.2, 0.25) is 0 Å². The van der Waals surface area contributed by atoms with Crippen LogP contribution < -0.4 is 25.4 Å². The third-order valence-corrected chi connectivity index (χ3v) is 5.29. The number of hydrogen-bond acceptors (Lipinski definition) is 6. The van der Waals surface area contributed by atoms with Crippen molar-refractivity contribution in [2.24, 2.45) is 4.99 Å². The fraction of sp³-hybridized carbons (Fsp3) is 0.143. The number of hydrogen-bond donors (Lipinski definition) is 3. The van der Waals surface area contributed by atoms with Crippen molar-refractivity contribution in [2.45, 2.75) is 20.4 Å². The molecule has 9 heteroatoms. The van der Waals surface area contributed by atoms with Gasteiger partial charge in [0.25, 0.3) is 0 Å². The summed E-state index contributed by atoms with van der Waals surface area (Å²) >= 11 is 5.55. The summed E-state index contributed by atoms with van der Waals surface area (Å²) in [5.41, 5.74) is 3.48. The standard InChI is InChI=1S/C28H28N6O2S/c1-19-16-20(2)31-27(30-19)33-26(29-18-21-8-7-11-25(17-21)35-3)34-28(37)32-22-12-14-24(15-13-22)36-23-9-5-4-6-10-23/h4-17H,18H2,1-3H3,(H3,29,30,31,32,33,34,37). The van der Waals surface area contributed by atoms with E-state index < -0.39 is 0 Å². The minimum absolute atomic E-state index is 0.359. The number of anilines is 2. The predicted molar refractivity (Wildman–Crippen MR) is 152 cm³/mol. The first-order valence-corrected chi connectivity index (χ1v) is 12.1. The summed E-state index contributed by atoms with van der Waals surface area (Å²) in [6, 6.07) is 26.8. The smallest absolute Gasteiger partial charge is 0.229 e. The highest BCUT2D eigenvalue weighted by Crippen LogP contribution is 2.22. The minimum atomic E-state index is 0.359. The molecule has 37 heavy (non-hydrogen) atoms. The zero-order valence-corrected chi connectivity index (χ0v) is 21.7. The lowest BCUT2D eigenvalue weighted by molar-refractivity contribution is 0.414. The number of benzene rings is 3. The maximum absolute atomic E-state index is 5.85. The zero-order valence-electron chi connectivity index (χ0n) is 20.9. The van der Waals surface area contributed by atoms with Crippen molar-refractivity contribution in [3.05, 3.63) is 102 Å². The second-order valence-corrected chi connectivity index (χ2v) is 8.54. The Morgan fingerprint density at radius 2 is 1.49 bits per heavy atom. The molecule has 0 unspecified atom stereocenters. The minimum Gasteiger partial charge on any atom is -0.497 e. The van der Waals surface area contributed by atoms with Crippen molar-refractivity contribution in [3.8, 4) is 17.2 Å². The summed E-state index contributed by atoms with van der Waals surface area (Å²) < 4.78 is 11.2. The number of guanidine groups is 1. The van der Waals surface area contributed by atoms with E-state index >= 15 is 0 Å². The molecule has 0 bridgehead atoms. The van der Waals surface area contributed by atoms with Crippen molar-refractivity contribution in [1.82, 2.24) is 15.3 Å². The molecule has 0 atom stereocenters. The number of nitrogens with one attached hydrogen (secondary N) is 3. The van der Waals surface area contributed by atoms with Crippen LogP contribution in [0.5, 0.6) is 17.2 Å². The molecule has 0 aliphatic rings. The average molecular weight is 513 g/mol. The van der Waals surface area contributed by atoms with Crippen LogP contribution in [0.15, 0.2) is 89.9 Å². The van der Waals surface area contributed by atoms with E-state index in [4.69, 9.17) is 21.7 Å². The number of methoxy groups -OCH3 is 1. The van der Waals surface area contributed by atoms with Crippen LogP contribution in [-0.2, 0) is 6.54 Å². The van der Waals surface area contributed by atoms with Crippen LogP contribution in [0, 0.1) is 13.8 Å². The van der Waals surface area contributed by atoms with Crippen LogP contribution >= 0.6 is 12.2 Å². The highest BCUT2D eigenvalue weighted by molar-refractivity contribution is 7.80. The quantitative estimate of drug-likeness (QED) is 0.161. The lowest BCUT2D eigenvalue weighted by atomic mass is 10.2. The van der Waals surface area contributed by atoms with E-state index in [0.29, 0.717) is 23.6 Å². The molecule has 0 saturated heterocycles. The molecule has 3 N–H and O–H groups in total. The summed E-state index contributed by atoms with van der Waals surface area (Å²) in [6.45, 7) is 4.22. The van der Waals surface area contributed by atoms with Gasteiger partial charge in [0.1, 0.15) is 17.2 Å². The number of aryl methyl sites for hydroxylation is 2. The highest BCUT2D eigenvalue weighted by atomic mass is 32.1. The van der Waals surface area contributed by atoms with E-state index in [9.17, 15) is 0 Å². The average Bonchev–Trinajstić information content (AvgIpc) is 2.88. The van der Waals surface area contributed by atoms with E-state index in [1.54, 1.807) is 7.11 Å². The fourth-order valence-electron chi connectivity index (χ4n) is 3.44. The van der Waals surface area contributed by atoms with E-state index in [1.165, 1.54) is 0 Å². The van der Waals surface area contributed by atoms with Crippen molar-refractivity contribution >= 4 is 34.9 Å². The van der Waals surface area contributed by atoms with Crippen molar-refractivity contribution in [3.63, 3.8) is 0 Å². The van der Waals surface area contributed by atoms with Gasteiger partial charge < -0.3 is 20.1 Å². The van der Waals surface area contributed by atoms with Crippen LogP contribution in [0.1, 0.15) is 17.0 Å². The molecule has 0 radical (unpaired) electrons. The third kappa shape index (κ3) is 8.01. The number of rotatable bonds is 7.